The minimum Gasteiger partial charge on any atom is -0.366 e. The molecule has 0 aliphatic carbocycles. The van der Waals surface area contributed by atoms with Gasteiger partial charge in [-0.05, 0) is 24.3 Å². The first-order chi connectivity index (χ1) is 8.49. The maximum absolute atomic E-state index is 11.8. The Morgan fingerprint density at radius 2 is 1.83 bits per heavy atom. The molecule has 1 heterocycles. The molecular formula is C13H13N3O2. The second kappa shape index (κ2) is 4.44. The van der Waals surface area contributed by atoms with Gasteiger partial charge in [-0.25, -0.2) is 0 Å². The van der Waals surface area contributed by atoms with Crippen molar-refractivity contribution in [1.82, 2.24) is 9.88 Å². The summed E-state index contributed by atoms with van der Waals surface area (Å²) in [6, 6.07) is 6.67. The highest BCUT2D eigenvalue weighted by Crippen LogP contribution is 2.16. The second-order valence-electron chi connectivity index (χ2n) is 4.20. The Labute approximate surface area is 104 Å². The number of carbonyl (C=O) groups excluding carboxylic acids is 2. The minimum atomic E-state index is -0.499. The Morgan fingerprint density at radius 3 is 2.44 bits per heavy atom. The van der Waals surface area contributed by atoms with Crippen molar-refractivity contribution in [2.24, 2.45) is 5.73 Å². The molecule has 0 aliphatic heterocycles. The van der Waals surface area contributed by atoms with Crippen LogP contribution in [0.25, 0.3) is 10.9 Å². The van der Waals surface area contributed by atoms with Gasteiger partial charge in [0.1, 0.15) is 0 Å². The maximum Gasteiger partial charge on any atom is 0.254 e. The van der Waals surface area contributed by atoms with E-state index < -0.39 is 5.91 Å². The molecule has 18 heavy (non-hydrogen) atoms. The normalized spacial score (nSPS) is 10.3. The lowest BCUT2D eigenvalue weighted by molar-refractivity contribution is 0.0827. The van der Waals surface area contributed by atoms with Crippen LogP contribution in [0.15, 0.2) is 30.5 Å². The van der Waals surface area contributed by atoms with Crippen LogP contribution in [0.1, 0.15) is 20.7 Å². The highest BCUT2D eigenvalue weighted by atomic mass is 16.2. The molecule has 2 aromatic rings. The number of aromatic nitrogens is 1. The summed E-state index contributed by atoms with van der Waals surface area (Å²) in [5.74, 6) is -0.630. The van der Waals surface area contributed by atoms with Crippen molar-refractivity contribution in [3.05, 3.63) is 41.6 Å². The monoisotopic (exact) mass is 243 g/mol. The number of nitrogens with zero attached hydrogens (tertiary/aromatic N) is 2. The summed E-state index contributed by atoms with van der Waals surface area (Å²) in [5, 5.41) is 0.721. The third-order valence-corrected chi connectivity index (χ3v) is 2.62. The van der Waals surface area contributed by atoms with Crippen LogP contribution < -0.4 is 5.73 Å². The van der Waals surface area contributed by atoms with Crippen LogP contribution in [0.5, 0.6) is 0 Å². The molecule has 2 amide bonds. The quantitative estimate of drug-likeness (QED) is 0.856. The molecule has 0 radical (unpaired) electrons. The molecule has 5 heteroatoms. The van der Waals surface area contributed by atoms with Gasteiger partial charge < -0.3 is 10.6 Å². The minimum absolute atomic E-state index is 0.131. The Bertz CT molecular complexity index is 635. The van der Waals surface area contributed by atoms with Crippen LogP contribution in [0.4, 0.5) is 0 Å². The van der Waals surface area contributed by atoms with Gasteiger partial charge in [0.05, 0.1) is 11.1 Å². The number of hydrogen-bond acceptors (Lipinski definition) is 3. The first kappa shape index (κ1) is 12.0. The largest absolute Gasteiger partial charge is 0.366 e. The number of amides is 2. The zero-order valence-corrected chi connectivity index (χ0v) is 10.2. The zero-order valence-electron chi connectivity index (χ0n) is 10.2. The highest BCUT2D eigenvalue weighted by Gasteiger charge is 2.10. The SMILES string of the molecule is CN(C)C(=O)c1cnc2ccc(C(N)=O)cc2c1. The van der Waals surface area contributed by atoms with Gasteiger partial charge >= 0.3 is 0 Å². The highest BCUT2D eigenvalue weighted by molar-refractivity contribution is 6.00. The average molecular weight is 243 g/mol. The van der Waals surface area contributed by atoms with Crippen LogP contribution in [0.2, 0.25) is 0 Å². The van der Waals surface area contributed by atoms with E-state index in [9.17, 15) is 9.59 Å². The maximum atomic E-state index is 11.8. The first-order valence-electron chi connectivity index (χ1n) is 5.40. The molecule has 0 fully saturated rings. The number of hydrogen-bond donors (Lipinski definition) is 1. The predicted octanol–water partition coefficient (Wildman–Crippen LogP) is 1.04. The molecule has 92 valence electrons. The number of benzene rings is 1. The lowest BCUT2D eigenvalue weighted by Gasteiger charge is -2.10. The van der Waals surface area contributed by atoms with Gasteiger partial charge in [0.15, 0.2) is 0 Å². The third-order valence-electron chi connectivity index (χ3n) is 2.62. The van der Waals surface area contributed by atoms with Crippen LogP contribution in [-0.2, 0) is 0 Å². The molecule has 0 spiro atoms. The lowest BCUT2D eigenvalue weighted by Crippen LogP contribution is -2.21. The molecule has 1 aromatic heterocycles. The van der Waals surface area contributed by atoms with Gasteiger partial charge in [0, 0.05) is 31.2 Å². The Morgan fingerprint density at radius 1 is 1.17 bits per heavy atom. The predicted molar refractivity (Wildman–Crippen MR) is 68.3 cm³/mol. The van der Waals surface area contributed by atoms with Gasteiger partial charge in [-0.2, -0.15) is 0 Å². The van der Waals surface area contributed by atoms with Gasteiger partial charge in [0.25, 0.3) is 5.91 Å². The summed E-state index contributed by atoms with van der Waals surface area (Å²) >= 11 is 0. The Kier molecular flexibility index (Phi) is 2.97. The molecule has 2 N–H and O–H groups in total. The van der Waals surface area contributed by atoms with E-state index >= 15 is 0 Å². The number of fused-ring (bicyclic) bond motifs is 1. The van der Waals surface area contributed by atoms with Crippen LogP contribution in [0, 0.1) is 0 Å². The molecule has 0 saturated carbocycles. The Balaban J connectivity index is 2.55. The molecule has 2 rings (SSSR count). The van der Waals surface area contributed by atoms with E-state index in [-0.39, 0.29) is 5.91 Å². The molecule has 0 bridgehead atoms. The fourth-order valence-electron chi connectivity index (χ4n) is 1.66. The van der Waals surface area contributed by atoms with E-state index in [1.165, 1.54) is 11.1 Å². The summed E-state index contributed by atoms with van der Waals surface area (Å²) in [5.41, 5.74) is 6.82. The van der Waals surface area contributed by atoms with Gasteiger partial charge in [-0.15, -0.1) is 0 Å². The number of carbonyl (C=O) groups is 2. The standard InChI is InChI=1S/C13H13N3O2/c1-16(2)13(18)10-6-9-5-8(12(14)17)3-4-11(9)15-7-10/h3-7H,1-2H3,(H2,14,17). The smallest absolute Gasteiger partial charge is 0.254 e. The zero-order chi connectivity index (χ0) is 13.3. The first-order valence-corrected chi connectivity index (χ1v) is 5.40. The fourth-order valence-corrected chi connectivity index (χ4v) is 1.66. The molecule has 0 aliphatic rings. The molecular weight excluding hydrogens is 230 g/mol. The molecule has 0 atom stereocenters. The Hall–Kier alpha value is -2.43. The third kappa shape index (κ3) is 2.15. The molecule has 0 saturated heterocycles. The van der Waals surface area contributed by atoms with E-state index in [2.05, 4.69) is 4.98 Å². The topological polar surface area (TPSA) is 76.3 Å². The van der Waals surface area contributed by atoms with E-state index in [1.54, 1.807) is 38.4 Å². The number of pyridine rings is 1. The second-order valence-corrected chi connectivity index (χ2v) is 4.20. The van der Waals surface area contributed by atoms with Crippen molar-refractivity contribution in [3.63, 3.8) is 0 Å². The number of primary amides is 1. The van der Waals surface area contributed by atoms with Crippen molar-refractivity contribution >= 4 is 22.7 Å². The van der Waals surface area contributed by atoms with E-state index in [4.69, 9.17) is 5.73 Å². The van der Waals surface area contributed by atoms with Gasteiger partial charge in [0.2, 0.25) is 5.91 Å². The van der Waals surface area contributed by atoms with Crippen LogP contribution in [-0.4, -0.2) is 35.8 Å². The van der Waals surface area contributed by atoms with E-state index in [0.717, 1.165) is 10.9 Å². The van der Waals surface area contributed by atoms with Crippen molar-refractivity contribution in [2.75, 3.05) is 14.1 Å². The average Bonchev–Trinajstić information content (AvgIpc) is 2.36. The molecule has 0 unspecified atom stereocenters. The van der Waals surface area contributed by atoms with Crippen LogP contribution >= 0.6 is 0 Å². The van der Waals surface area contributed by atoms with E-state index in [1.807, 2.05) is 0 Å². The van der Waals surface area contributed by atoms with Crippen molar-refractivity contribution < 1.29 is 9.59 Å². The van der Waals surface area contributed by atoms with Crippen molar-refractivity contribution in [3.8, 4) is 0 Å². The molecule has 1 aromatic carbocycles. The fraction of sp³-hybridized carbons (Fsp3) is 0.154. The van der Waals surface area contributed by atoms with Crippen molar-refractivity contribution in [2.45, 2.75) is 0 Å². The number of nitrogens with two attached hydrogens (primary N) is 1. The van der Waals surface area contributed by atoms with E-state index in [0.29, 0.717) is 11.1 Å². The van der Waals surface area contributed by atoms with Gasteiger partial charge in [-0.1, -0.05) is 0 Å². The lowest BCUT2D eigenvalue weighted by atomic mass is 10.1. The van der Waals surface area contributed by atoms with Crippen molar-refractivity contribution in [1.29, 1.82) is 0 Å². The van der Waals surface area contributed by atoms with Crippen LogP contribution in [0.3, 0.4) is 0 Å². The number of rotatable bonds is 2. The summed E-state index contributed by atoms with van der Waals surface area (Å²) in [7, 11) is 3.35. The summed E-state index contributed by atoms with van der Waals surface area (Å²) in [4.78, 5) is 28.6. The van der Waals surface area contributed by atoms with Gasteiger partial charge in [-0.3, -0.25) is 14.6 Å². The molecule has 5 nitrogen and oxygen atoms in total. The summed E-state index contributed by atoms with van der Waals surface area (Å²) in [6.07, 6.45) is 1.52. The summed E-state index contributed by atoms with van der Waals surface area (Å²) in [6.45, 7) is 0. The summed E-state index contributed by atoms with van der Waals surface area (Å²) < 4.78 is 0.